The van der Waals surface area contributed by atoms with E-state index in [0.29, 0.717) is 16.7 Å². The van der Waals surface area contributed by atoms with E-state index in [0.717, 1.165) is 6.61 Å². The number of nitriles is 2. The molecule has 0 aliphatic rings. The molecule has 3 heteroatoms. The first-order valence-electron chi connectivity index (χ1n) is 3.23. The van der Waals surface area contributed by atoms with E-state index < -0.39 is 0 Å². The van der Waals surface area contributed by atoms with Crippen LogP contribution in [0.3, 0.4) is 0 Å². The monoisotopic (exact) mass is 157 g/mol. The Morgan fingerprint density at radius 1 is 1.08 bits per heavy atom. The largest absolute Gasteiger partial charge is 0.385 e. The molecule has 0 heterocycles. The zero-order chi connectivity index (χ0) is 8.97. The summed E-state index contributed by atoms with van der Waals surface area (Å²) in [6.45, 7) is 0.863. The molecular weight excluding hydrogens is 152 g/mol. The molecule has 0 atom stereocenters. The minimum Gasteiger partial charge on any atom is -0.385 e. The summed E-state index contributed by atoms with van der Waals surface area (Å²) in [5, 5.41) is 25.7. The van der Waals surface area contributed by atoms with Gasteiger partial charge in [0.25, 0.3) is 0 Å². The van der Waals surface area contributed by atoms with Gasteiger partial charge in [0, 0.05) is 0 Å². The molecule has 12 heavy (non-hydrogen) atoms. The van der Waals surface area contributed by atoms with Crippen molar-refractivity contribution in [2.24, 2.45) is 0 Å². The second-order valence-corrected chi connectivity index (χ2v) is 2.20. The van der Waals surface area contributed by atoms with E-state index in [2.05, 4.69) is 0 Å². The number of rotatable bonds is 1. The summed E-state index contributed by atoms with van der Waals surface area (Å²) in [5.41, 5.74) is 1.20. The van der Waals surface area contributed by atoms with Crippen molar-refractivity contribution in [3.8, 4) is 12.1 Å². The zero-order valence-electron chi connectivity index (χ0n) is 6.15. The lowest BCUT2D eigenvalue weighted by Gasteiger charge is -1.96. The van der Waals surface area contributed by atoms with Gasteiger partial charge in [0.15, 0.2) is 0 Å². The predicted molar refractivity (Wildman–Crippen MR) is 41.2 cm³/mol. The first-order chi connectivity index (χ1) is 5.80. The van der Waals surface area contributed by atoms with Crippen LogP contribution < -0.4 is 0 Å². The van der Waals surface area contributed by atoms with Crippen LogP contribution in [0.25, 0.3) is 0 Å². The quantitative estimate of drug-likeness (QED) is 0.668. The van der Waals surface area contributed by atoms with Gasteiger partial charge in [-0.05, 0) is 23.8 Å². The molecule has 0 aliphatic carbocycles. The molecular formula is C9H5N2O. The van der Waals surface area contributed by atoms with E-state index >= 15 is 0 Å². The van der Waals surface area contributed by atoms with Crippen LogP contribution in [-0.4, -0.2) is 5.11 Å². The Hall–Kier alpha value is -1.84. The van der Waals surface area contributed by atoms with Crippen molar-refractivity contribution in [1.82, 2.24) is 0 Å². The van der Waals surface area contributed by atoms with Crippen LogP contribution in [-0.2, 0) is 0 Å². The highest BCUT2D eigenvalue weighted by Crippen LogP contribution is 2.09. The van der Waals surface area contributed by atoms with Gasteiger partial charge >= 0.3 is 0 Å². The Kier molecular flexibility index (Phi) is 2.42. The molecule has 1 aromatic rings. The molecule has 0 unspecified atom stereocenters. The molecule has 0 fully saturated rings. The number of hydrogen-bond acceptors (Lipinski definition) is 3. The first kappa shape index (κ1) is 8.26. The molecule has 1 rings (SSSR count). The molecule has 3 nitrogen and oxygen atoms in total. The fourth-order valence-corrected chi connectivity index (χ4v) is 0.855. The van der Waals surface area contributed by atoms with Gasteiger partial charge in [-0.3, -0.25) is 0 Å². The highest BCUT2D eigenvalue weighted by Gasteiger charge is 1.98. The van der Waals surface area contributed by atoms with E-state index in [-0.39, 0.29) is 0 Å². The Morgan fingerprint density at radius 2 is 1.58 bits per heavy atom. The minimum atomic E-state index is 0.370. The molecule has 0 aliphatic heterocycles. The number of benzene rings is 1. The fourth-order valence-electron chi connectivity index (χ4n) is 0.855. The summed E-state index contributed by atoms with van der Waals surface area (Å²) in [4.78, 5) is 0. The Balaban J connectivity index is 3.24. The minimum absolute atomic E-state index is 0.370. The van der Waals surface area contributed by atoms with E-state index in [1.54, 1.807) is 0 Å². The second kappa shape index (κ2) is 3.52. The maximum Gasteiger partial charge on any atom is 0.109 e. The summed E-state index contributed by atoms with van der Waals surface area (Å²) < 4.78 is 0. The van der Waals surface area contributed by atoms with Crippen molar-refractivity contribution >= 4 is 0 Å². The van der Waals surface area contributed by atoms with Gasteiger partial charge in [0.1, 0.15) is 6.61 Å². The predicted octanol–water partition coefficient (Wildman–Crippen LogP) is 1.31. The summed E-state index contributed by atoms with van der Waals surface area (Å²) >= 11 is 0. The molecule has 0 bridgehead atoms. The standard InChI is InChI=1S/C9H5N2O/c10-4-7-1-8(5-11)3-9(2-7)6-12/h1-3,6,12H. The summed E-state index contributed by atoms with van der Waals surface area (Å²) in [7, 11) is 0. The molecule has 0 spiro atoms. The molecule has 57 valence electrons. The van der Waals surface area contributed by atoms with Gasteiger partial charge in [-0.1, -0.05) is 0 Å². The molecule has 1 N–H and O–H groups in total. The summed E-state index contributed by atoms with van der Waals surface area (Å²) in [6.07, 6.45) is 0. The lowest BCUT2D eigenvalue weighted by molar-refractivity contribution is 0.415. The zero-order valence-corrected chi connectivity index (χ0v) is 6.15. The van der Waals surface area contributed by atoms with Gasteiger partial charge in [0.2, 0.25) is 0 Å². The maximum absolute atomic E-state index is 8.63. The Bertz CT molecular complexity index is 339. The molecule has 0 aromatic heterocycles. The third-order valence-electron chi connectivity index (χ3n) is 1.36. The van der Waals surface area contributed by atoms with Gasteiger partial charge in [0.05, 0.1) is 23.3 Å². The van der Waals surface area contributed by atoms with Gasteiger partial charge in [-0.2, -0.15) is 10.5 Å². The average molecular weight is 157 g/mol. The van der Waals surface area contributed by atoms with Crippen molar-refractivity contribution in [2.75, 3.05) is 0 Å². The van der Waals surface area contributed by atoms with Crippen LogP contribution in [0.15, 0.2) is 18.2 Å². The number of aliphatic hydroxyl groups excluding tert-OH is 1. The average Bonchev–Trinajstić information content (AvgIpc) is 2.16. The van der Waals surface area contributed by atoms with Crippen LogP contribution in [0.1, 0.15) is 16.7 Å². The normalized spacial score (nSPS) is 8.58. The third kappa shape index (κ3) is 1.60. The summed E-state index contributed by atoms with van der Waals surface area (Å²) in [6, 6.07) is 8.26. The van der Waals surface area contributed by atoms with E-state index in [1.165, 1.54) is 18.2 Å². The van der Waals surface area contributed by atoms with Crippen molar-refractivity contribution < 1.29 is 5.11 Å². The highest BCUT2D eigenvalue weighted by atomic mass is 16.3. The smallest absolute Gasteiger partial charge is 0.109 e. The number of aliphatic hydroxyl groups is 1. The van der Waals surface area contributed by atoms with Crippen LogP contribution in [0.2, 0.25) is 0 Å². The Labute approximate surface area is 70.1 Å². The summed E-state index contributed by atoms with van der Waals surface area (Å²) in [5.74, 6) is 0. The van der Waals surface area contributed by atoms with E-state index in [9.17, 15) is 0 Å². The van der Waals surface area contributed by atoms with Crippen molar-refractivity contribution in [2.45, 2.75) is 0 Å². The van der Waals surface area contributed by atoms with Crippen LogP contribution >= 0.6 is 0 Å². The van der Waals surface area contributed by atoms with Crippen molar-refractivity contribution in [3.05, 3.63) is 41.5 Å². The van der Waals surface area contributed by atoms with Crippen LogP contribution in [0, 0.1) is 29.3 Å². The SMILES string of the molecule is N#Cc1cc(C#N)cc([CH]O)c1. The molecule has 1 aromatic carbocycles. The maximum atomic E-state index is 8.63. The molecule has 1 radical (unpaired) electrons. The fraction of sp³-hybridized carbons (Fsp3) is 0. The molecule has 0 amide bonds. The number of nitrogens with zero attached hydrogens (tertiary/aromatic N) is 2. The van der Waals surface area contributed by atoms with Crippen LogP contribution in [0.5, 0.6) is 0 Å². The lowest BCUT2D eigenvalue weighted by Crippen LogP contribution is -1.85. The third-order valence-corrected chi connectivity index (χ3v) is 1.36. The van der Waals surface area contributed by atoms with Gasteiger partial charge in [-0.15, -0.1) is 0 Å². The van der Waals surface area contributed by atoms with E-state index in [1.807, 2.05) is 12.1 Å². The first-order valence-corrected chi connectivity index (χ1v) is 3.23. The highest BCUT2D eigenvalue weighted by molar-refractivity contribution is 5.43. The second-order valence-electron chi connectivity index (χ2n) is 2.20. The Morgan fingerprint density at radius 3 is 1.92 bits per heavy atom. The van der Waals surface area contributed by atoms with Crippen molar-refractivity contribution in [1.29, 1.82) is 10.5 Å². The molecule has 0 saturated carbocycles. The van der Waals surface area contributed by atoms with E-state index in [4.69, 9.17) is 15.6 Å². The molecule has 0 saturated heterocycles. The van der Waals surface area contributed by atoms with Crippen molar-refractivity contribution in [3.63, 3.8) is 0 Å². The van der Waals surface area contributed by atoms with Crippen LogP contribution in [0.4, 0.5) is 0 Å². The van der Waals surface area contributed by atoms with Gasteiger partial charge in [-0.25, -0.2) is 0 Å². The van der Waals surface area contributed by atoms with Gasteiger partial charge < -0.3 is 5.11 Å². The lowest BCUT2D eigenvalue weighted by atomic mass is 10.1. The topological polar surface area (TPSA) is 67.8 Å². The number of hydrogen-bond donors (Lipinski definition) is 1.